The lowest BCUT2D eigenvalue weighted by molar-refractivity contribution is -0.128. The molecule has 1 amide bonds. The molecule has 10 heterocycles. The zero-order valence-electron chi connectivity index (χ0n) is 66.9. The molecule has 582 valence electrons. The van der Waals surface area contributed by atoms with Crippen LogP contribution in [-0.4, -0.2) is 229 Å². The largest absolute Gasteiger partial charge is 0.383 e. The van der Waals surface area contributed by atoms with Gasteiger partial charge in [-0.1, -0.05) is 66.6 Å². The molecule has 5 aromatic carbocycles. The summed E-state index contributed by atoms with van der Waals surface area (Å²) in [5.41, 5.74) is 16.8. The molecule has 108 heavy (non-hydrogen) atoms. The van der Waals surface area contributed by atoms with E-state index in [1.165, 1.54) is 279 Å². The Morgan fingerprint density at radius 3 is 0.778 bits per heavy atom. The van der Waals surface area contributed by atoms with Gasteiger partial charge in [-0.3, -0.25) is 24.4 Å². The topological polar surface area (TPSA) is 77.2 Å². The van der Waals surface area contributed by atoms with Gasteiger partial charge in [-0.2, -0.15) is 0 Å². The highest BCUT2D eigenvalue weighted by molar-refractivity contribution is 5.74. The second-order valence-electron chi connectivity index (χ2n) is 36.2. The van der Waals surface area contributed by atoms with Crippen LogP contribution in [0.4, 0.5) is 28.4 Å². The Balaban J connectivity index is 0.000000103. The molecule has 0 N–H and O–H groups in total. The van der Waals surface area contributed by atoms with Crippen LogP contribution in [0.1, 0.15) is 163 Å². The summed E-state index contributed by atoms with van der Waals surface area (Å²) in [5.74, 6) is 7.19. The number of anilines is 5. The quantitative estimate of drug-likeness (QED) is 0.0695. The number of carbonyl (C=O) groups excluding carboxylic acids is 1. The van der Waals surface area contributed by atoms with E-state index in [-0.39, 0.29) is 11.3 Å². The van der Waals surface area contributed by atoms with Crippen molar-refractivity contribution in [3.63, 3.8) is 0 Å². The van der Waals surface area contributed by atoms with Crippen LogP contribution in [0.5, 0.6) is 0 Å². The normalized spacial score (nSPS) is 31.4. The number of piperidine rings is 10. The Bertz CT molecular complexity index is 3540. The summed E-state index contributed by atoms with van der Waals surface area (Å²) >= 11 is 0. The van der Waals surface area contributed by atoms with Crippen molar-refractivity contribution in [3.05, 3.63) is 149 Å². The number of likely N-dealkylation sites (tertiary alicyclic amines) is 5. The summed E-state index contributed by atoms with van der Waals surface area (Å²) in [6.45, 7) is 32.3. The Morgan fingerprint density at radius 2 is 0.556 bits per heavy atom. The standard InChI is InChI=1S/3C19H28N2O.C19H24N2.C18H24N2O/c3*1-22-12-11-20-14-17-13-19(17,15-20)16-5-7-18(8-6-16)21-9-3-2-4-10-21;1-2-10-20-14-17-13-19(17,15-20)16-6-8-18(9-7-16)21-11-4-3-5-12-21;1-14(21)20-12-16-11-18(16,13-20)15-5-7-17(8-6-15)19-9-3-2-4-10-19/h3*5-8,17H,2-4,9-15H2,1H3;1,6-9,17H,3-5,10-15H2;5-8,16H,2-4,9-13H2,1H3/t2*17-,19+;;;/m10.../s1. The third kappa shape index (κ3) is 16.5. The highest BCUT2D eigenvalue weighted by Crippen LogP contribution is 2.63. The number of ether oxygens (including phenoxy) is 3. The van der Waals surface area contributed by atoms with Crippen LogP contribution in [0.25, 0.3) is 0 Å². The highest BCUT2D eigenvalue weighted by Gasteiger charge is 2.64. The molecular weight excluding hydrogens is 1330 g/mol. The van der Waals surface area contributed by atoms with E-state index in [2.05, 4.69) is 171 Å². The van der Waals surface area contributed by atoms with Crippen LogP contribution in [0.2, 0.25) is 0 Å². The zero-order chi connectivity index (χ0) is 73.7. The predicted molar refractivity (Wildman–Crippen MR) is 444 cm³/mol. The first-order chi connectivity index (χ1) is 53.0. The maximum absolute atomic E-state index is 11.6. The first-order valence-corrected chi connectivity index (χ1v) is 43.3. The molecule has 14 nitrogen and oxygen atoms in total. The van der Waals surface area contributed by atoms with E-state index in [4.69, 9.17) is 20.6 Å². The molecule has 6 unspecified atom stereocenters. The van der Waals surface area contributed by atoms with Crippen molar-refractivity contribution < 1.29 is 19.0 Å². The molecule has 5 aromatic rings. The molecule has 15 aliphatic rings. The van der Waals surface area contributed by atoms with Crippen LogP contribution in [-0.2, 0) is 46.1 Å². The number of methoxy groups -OCH3 is 3. The number of terminal acetylenes is 1. The monoisotopic (exact) mass is 1470 g/mol. The van der Waals surface area contributed by atoms with E-state index in [9.17, 15) is 4.79 Å². The molecule has 0 bridgehead atoms. The smallest absolute Gasteiger partial charge is 0.219 e. The SMILES string of the molecule is C#CCN1CC2CC2(c2ccc(N3CCCCC3)cc2)C1.CC(=O)N1CC2CC2(c2ccc(N3CCCCC3)cc2)C1.COCCN1CC2CC2(c2ccc(N3CCCCC3)cc2)C1.COCCN1C[C@@H]2C[C@]2(c2ccc(N3CCCCC3)cc2)C1.COCCN1C[C@H]2C[C@@]2(c2ccc(N3CCCCC3)cc2)C1. The van der Waals surface area contributed by atoms with E-state index in [1.807, 2.05) is 4.90 Å². The van der Waals surface area contributed by atoms with E-state index >= 15 is 0 Å². The minimum Gasteiger partial charge on any atom is -0.383 e. The molecule has 14 heteroatoms. The maximum Gasteiger partial charge on any atom is 0.219 e. The van der Waals surface area contributed by atoms with Gasteiger partial charge in [0.05, 0.1) is 26.4 Å². The summed E-state index contributed by atoms with van der Waals surface area (Å²) in [4.78, 5) is 36.5. The second-order valence-corrected chi connectivity index (χ2v) is 36.2. The maximum atomic E-state index is 11.6. The number of nitrogens with zero attached hydrogens (tertiary/aromatic N) is 10. The van der Waals surface area contributed by atoms with Gasteiger partial charge in [0.1, 0.15) is 0 Å². The van der Waals surface area contributed by atoms with Crippen molar-refractivity contribution in [3.8, 4) is 12.3 Å². The van der Waals surface area contributed by atoms with E-state index in [0.717, 1.165) is 89.3 Å². The van der Waals surface area contributed by atoms with Gasteiger partial charge in [0, 0.05) is 234 Å². The molecule has 0 aromatic heterocycles. The fourth-order valence-corrected chi connectivity index (χ4v) is 22.5. The lowest BCUT2D eigenvalue weighted by atomic mass is 9.94. The number of benzene rings is 5. The third-order valence-corrected chi connectivity index (χ3v) is 29.4. The summed E-state index contributed by atoms with van der Waals surface area (Å²) in [7, 11) is 5.39. The third-order valence-electron chi connectivity index (χ3n) is 29.4. The fourth-order valence-electron chi connectivity index (χ4n) is 22.5. The van der Waals surface area contributed by atoms with Gasteiger partial charge in [-0.25, -0.2) is 0 Å². The van der Waals surface area contributed by atoms with E-state index < -0.39 is 0 Å². The van der Waals surface area contributed by atoms with Gasteiger partial charge in [-0.15, -0.1) is 6.42 Å². The molecule has 10 aliphatic heterocycles. The Hall–Kier alpha value is -6.15. The highest BCUT2D eigenvalue weighted by atomic mass is 16.5. The number of hydrogen-bond donors (Lipinski definition) is 0. The van der Waals surface area contributed by atoms with Crippen molar-refractivity contribution in [2.24, 2.45) is 29.6 Å². The lowest BCUT2D eigenvalue weighted by Gasteiger charge is -2.29. The van der Waals surface area contributed by atoms with E-state index in [1.54, 1.807) is 44.9 Å². The molecule has 15 fully saturated rings. The average molecular weight is 1470 g/mol. The molecular formula is C94H132N10O4. The van der Waals surface area contributed by atoms with Gasteiger partial charge in [0.25, 0.3) is 0 Å². The Labute approximate surface area is 650 Å². The van der Waals surface area contributed by atoms with Crippen LogP contribution >= 0.6 is 0 Å². The number of hydrogen-bond acceptors (Lipinski definition) is 13. The van der Waals surface area contributed by atoms with Gasteiger partial charge in [-0.05, 0) is 246 Å². The average Bonchev–Trinajstić information content (AvgIpc) is 1.59. The molecule has 5 aliphatic carbocycles. The number of fused-ring (bicyclic) bond motifs is 5. The van der Waals surface area contributed by atoms with Crippen LogP contribution in [0, 0.1) is 41.9 Å². The lowest BCUT2D eigenvalue weighted by Crippen LogP contribution is -2.31. The van der Waals surface area contributed by atoms with Gasteiger partial charge in [0.2, 0.25) is 5.91 Å². The van der Waals surface area contributed by atoms with Crippen molar-refractivity contribution in [2.75, 3.05) is 223 Å². The van der Waals surface area contributed by atoms with Gasteiger partial charge >= 0.3 is 0 Å². The predicted octanol–water partition coefficient (Wildman–Crippen LogP) is 14.4. The van der Waals surface area contributed by atoms with Crippen molar-refractivity contribution in [1.82, 2.24) is 24.5 Å². The first-order valence-electron chi connectivity index (χ1n) is 43.3. The number of amides is 1. The van der Waals surface area contributed by atoms with Crippen LogP contribution < -0.4 is 24.5 Å². The minimum atomic E-state index is 0.228. The van der Waals surface area contributed by atoms with Crippen LogP contribution in [0.15, 0.2) is 121 Å². The van der Waals surface area contributed by atoms with Crippen molar-refractivity contribution in [2.45, 2.75) is 162 Å². The zero-order valence-corrected chi connectivity index (χ0v) is 66.9. The van der Waals surface area contributed by atoms with Crippen LogP contribution in [0.3, 0.4) is 0 Å². The Kier molecular flexibility index (Phi) is 23.6. The van der Waals surface area contributed by atoms with Crippen molar-refractivity contribution in [1.29, 1.82) is 0 Å². The molecule has 10 saturated heterocycles. The van der Waals surface area contributed by atoms with Crippen molar-refractivity contribution >= 4 is 34.3 Å². The molecule has 20 rings (SSSR count). The summed E-state index contributed by atoms with van der Waals surface area (Å²) in [6, 6.07) is 47.3. The van der Waals surface area contributed by atoms with Gasteiger partial charge < -0.3 is 43.6 Å². The number of carbonyl (C=O) groups is 1. The second kappa shape index (κ2) is 33.7. The minimum absolute atomic E-state index is 0.228. The van der Waals surface area contributed by atoms with Gasteiger partial charge in [0.15, 0.2) is 0 Å². The molecule has 5 saturated carbocycles. The fraction of sp³-hybridized carbons (Fsp3) is 0.649. The molecule has 0 spiro atoms. The Morgan fingerprint density at radius 1 is 0.333 bits per heavy atom. The summed E-state index contributed by atoms with van der Waals surface area (Å²) in [6.07, 6.45) is 32.6. The molecule has 0 radical (unpaired) electrons. The number of rotatable bonds is 20. The van der Waals surface area contributed by atoms with E-state index in [0.29, 0.717) is 27.6 Å². The summed E-state index contributed by atoms with van der Waals surface area (Å²) in [5, 5.41) is 0. The summed E-state index contributed by atoms with van der Waals surface area (Å²) < 4.78 is 15.7. The molecule has 10 atom stereocenters. The first kappa shape index (κ1) is 75.9.